The normalized spacial score (nSPS) is 0. The van der Waals surface area contributed by atoms with Crippen LogP contribution in [-0.4, -0.2) is 0 Å². The van der Waals surface area contributed by atoms with Gasteiger partial charge in [-0.15, -0.1) is 0 Å². The van der Waals surface area contributed by atoms with Gasteiger partial charge < -0.3 is 5.71 Å². The van der Waals surface area contributed by atoms with Gasteiger partial charge in [0.25, 0.3) is 0 Å². The van der Waals surface area contributed by atoms with Crippen molar-refractivity contribution in [1.29, 1.82) is 0 Å². The molecular weight excluding hydrogens is 310 g/mol. The van der Waals surface area contributed by atoms with E-state index in [1.807, 2.05) is 0 Å². The first-order valence-electron chi connectivity index (χ1n) is 0. The molecule has 0 bridgehead atoms. The first-order chi connectivity index (χ1) is 0. The van der Waals surface area contributed by atoms with Gasteiger partial charge in [0, 0.05) is 22.4 Å². The molecule has 0 aliphatic carbocycles. The maximum atomic E-state index is 0. The minimum absolute atomic E-state index is 0. The Balaban J connectivity index is 0. The average Bonchev–Trinajstić information content (AvgIpc) is 0. The third-order valence-corrected chi connectivity index (χ3v) is 0. The quantitative estimate of drug-likeness (QED) is 0.390. The molecule has 0 fully saturated rings. The third kappa shape index (κ3) is 17.8. The van der Waals surface area contributed by atoms with Crippen LogP contribution in [0, 0.1) is 0 Å². The van der Waals surface area contributed by atoms with E-state index in [9.17, 15) is 0 Å². The summed E-state index contributed by atoms with van der Waals surface area (Å²) in [7, 11) is 0. The van der Waals surface area contributed by atoms with Crippen molar-refractivity contribution in [3.63, 3.8) is 0 Å². The van der Waals surface area contributed by atoms with Crippen molar-refractivity contribution in [2.24, 2.45) is 0 Å². The molecule has 0 aliphatic rings. The molecule has 0 N–H and O–H groups in total. The monoisotopic (exact) mass is 313 g/mol. The number of hydrogen-bond acceptors (Lipinski definition) is 0. The molecule has 0 nitrogen and oxygen atoms in total. The van der Waals surface area contributed by atoms with Crippen LogP contribution in [0.3, 0.4) is 0 Å². The van der Waals surface area contributed by atoms with Crippen LogP contribution in [0.15, 0.2) is 0 Å². The molecule has 0 heterocycles. The summed E-state index contributed by atoms with van der Waals surface area (Å²) in [4.78, 5) is 0. The van der Waals surface area contributed by atoms with E-state index < -0.39 is 0 Å². The van der Waals surface area contributed by atoms with E-state index in [4.69, 9.17) is 0 Å². The topological polar surface area (TPSA) is 0 Å². The van der Waals surface area contributed by atoms with Crippen molar-refractivity contribution in [3.8, 4) is 0 Å². The van der Waals surface area contributed by atoms with Gasteiger partial charge in [-0.05, 0) is 0 Å². The predicted octanol–water partition coefficient (Wildman–Crippen LogP) is -11.5. The molecule has 0 rings (SSSR count). The molecule has 0 atom stereocenters. The Labute approximate surface area is 190 Å². The van der Waals surface area contributed by atoms with Crippen molar-refractivity contribution in [2.75, 3.05) is 0 Å². The molecule has 0 aromatic heterocycles. The molecular formula is H4AgCsKLiNa. The number of hydrogen-bond donors (Lipinski definition) is 0. The molecule has 0 aromatic carbocycles. The van der Waals surface area contributed by atoms with Crippen molar-refractivity contribution >= 4 is 0 Å². The van der Waals surface area contributed by atoms with Gasteiger partial charge in [0.2, 0.25) is 0 Å². The molecule has 0 spiro atoms. The second-order valence-corrected chi connectivity index (χ2v) is 0. The summed E-state index contributed by atoms with van der Waals surface area (Å²) in [6.45, 7) is 0. The summed E-state index contributed by atoms with van der Waals surface area (Å²) >= 11 is 0. The number of rotatable bonds is 0. The van der Waals surface area contributed by atoms with Gasteiger partial charge in [0.05, 0.1) is 0 Å². The van der Waals surface area contributed by atoms with E-state index in [2.05, 4.69) is 0 Å². The Bertz CT molecular complexity index is 20.5. The Morgan fingerprint density at radius 3 is 1.20 bits per heavy atom. The largest absolute Gasteiger partial charge is 1.00 e. The summed E-state index contributed by atoms with van der Waals surface area (Å²) in [5.41, 5.74) is 0. The van der Waals surface area contributed by atoms with Crippen LogP contribution in [0.2, 0.25) is 0 Å². The van der Waals surface area contributed by atoms with Crippen LogP contribution < -0.4 is 169 Å². The summed E-state index contributed by atoms with van der Waals surface area (Å²) in [6.07, 6.45) is 0. The Kier molecular flexibility index (Phi) is 137. The first-order valence-corrected chi connectivity index (χ1v) is 0. The van der Waals surface area contributed by atoms with Gasteiger partial charge in [-0.2, -0.15) is 0 Å². The fraction of sp³-hybridized carbons (Fsp3) is 0. The zero-order valence-corrected chi connectivity index (χ0v) is 17.2. The van der Waals surface area contributed by atoms with E-state index in [-0.39, 0.29) is 197 Å². The minimum Gasteiger partial charge on any atom is -1.00 e. The Hall–Kier alpha value is 6.03. The Morgan fingerprint density at radius 2 is 1.20 bits per heavy atom. The van der Waals surface area contributed by atoms with Crippen LogP contribution in [0.5, 0.6) is 0 Å². The molecule has 0 unspecified atom stereocenters. The zero-order chi connectivity index (χ0) is 0. The standard InChI is InChI=1S/Ag.Cs.K.Li.Na.4H/q;4*+1;4*-1. The van der Waals surface area contributed by atoms with Gasteiger partial charge in [-0.1, -0.05) is 0 Å². The van der Waals surface area contributed by atoms with Crippen molar-refractivity contribution < 1.29 is 197 Å². The summed E-state index contributed by atoms with van der Waals surface area (Å²) in [5.74, 6) is 0. The second kappa shape index (κ2) is 22.5. The van der Waals surface area contributed by atoms with E-state index in [0.29, 0.717) is 0 Å². The molecule has 0 amide bonds. The molecule has 19 valence electrons. The van der Waals surface area contributed by atoms with E-state index in [0.717, 1.165) is 0 Å². The van der Waals surface area contributed by atoms with Gasteiger partial charge in [0.15, 0.2) is 0 Å². The van der Waals surface area contributed by atoms with Gasteiger partial charge in [0.1, 0.15) is 0 Å². The zero-order valence-electron chi connectivity index (χ0n) is 8.30. The fourth-order valence-corrected chi connectivity index (χ4v) is 0. The van der Waals surface area contributed by atoms with Crippen LogP contribution in [0.4, 0.5) is 0 Å². The molecule has 0 saturated carbocycles. The van der Waals surface area contributed by atoms with Crippen LogP contribution in [0.25, 0.3) is 0 Å². The third-order valence-electron chi connectivity index (χ3n) is 0. The van der Waals surface area contributed by atoms with Crippen LogP contribution >= 0.6 is 0 Å². The molecule has 1 radical (unpaired) electrons. The van der Waals surface area contributed by atoms with Crippen LogP contribution in [-0.2, 0) is 22.4 Å². The fourth-order valence-electron chi connectivity index (χ4n) is 0. The SMILES string of the molecule is [Ag].[Cs+].[H-].[H-].[H-].[H-].[K+].[Li+].[Na+]. The summed E-state index contributed by atoms with van der Waals surface area (Å²) in [5, 5.41) is 0. The van der Waals surface area contributed by atoms with Crippen LogP contribution in [0.1, 0.15) is 5.71 Å². The first kappa shape index (κ1) is 30.5. The second-order valence-electron chi connectivity index (χ2n) is 0. The smallest absolute Gasteiger partial charge is 1.00 e. The average molecular weight is 314 g/mol. The van der Waals surface area contributed by atoms with Gasteiger partial charge in [-0.3, -0.25) is 0 Å². The molecule has 5 heteroatoms. The van der Waals surface area contributed by atoms with Crippen molar-refractivity contribution in [2.45, 2.75) is 0 Å². The van der Waals surface area contributed by atoms with Crippen molar-refractivity contribution in [3.05, 3.63) is 0 Å². The molecule has 5 heavy (non-hydrogen) atoms. The molecule has 0 aromatic rings. The molecule has 0 aliphatic heterocycles. The Morgan fingerprint density at radius 1 is 1.20 bits per heavy atom. The summed E-state index contributed by atoms with van der Waals surface area (Å²) < 4.78 is 0. The van der Waals surface area contributed by atoms with Crippen molar-refractivity contribution in [1.82, 2.24) is 0 Å². The van der Waals surface area contributed by atoms with Gasteiger partial charge >= 0.3 is 169 Å². The maximum Gasteiger partial charge on any atom is 1.00 e. The summed E-state index contributed by atoms with van der Waals surface area (Å²) in [6, 6.07) is 0. The van der Waals surface area contributed by atoms with Gasteiger partial charge in [-0.25, -0.2) is 0 Å². The molecule has 0 saturated heterocycles. The van der Waals surface area contributed by atoms with E-state index in [1.54, 1.807) is 0 Å². The van der Waals surface area contributed by atoms with E-state index in [1.165, 1.54) is 0 Å². The minimum atomic E-state index is 0. The predicted molar refractivity (Wildman–Crippen MR) is 4.45 cm³/mol. The van der Waals surface area contributed by atoms with E-state index >= 15 is 0 Å². The maximum absolute atomic E-state index is 0.